The first-order valence-electron chi connectivity index (χ1n) is 5.93. The molecular formula is C13H19FN2O2. The van der Waals surface area contributed by atoms with Crippen molar-refractivity contribution in [1.82, 2.24) is 5.32 Å². The number of nitrogens with two attached hydrogens (primary N) is 1. The van der Waals surface area contributed by atoms with Crippen LogP contribution >= 0.6 is 0 Å². The van der Waals surface area contributed by atoms with Crippen molar-refractivity contribution in [2.45, 2.75) is 20.3 Å². The zero-order chi connectivity index (χ0) is 13.5. The molecule has 3 N–H and O–H groups in total. The van der Waals surface area contributed by atoms with Crippen molar-refractivity contribution in [1.29, 1.82) is 0 Å². The molecule has 0 bridgehead atoms. The Kier molecular flexibility index (Phi) is 5.42. The molecule has 100 valence electrons. The second kappa shape index (κ2) is 6.83. The van der Waals surface area contributed by atoms with Gasteiger partial charge in [0.25, 0.3) is 5.91 Å². The summed E-state index contributed by atoms with van der Waals surface area (Å²) in [6.07, 6.45) is 0.919. The number of ether oxygens (including phenoxy) is 1. The van der Waals surface area contributed by atoms with E-state index in [1.54, 1.807) is 0 Å². The fraction of sp³-hybridized carbons (Fsp3) is 0.462. The predicted molar refractivity (Wildman–Crippen MR) is 68.8 cm³/mol. The number of nitrogen functional groups attached to an aromatic ring is 1. The molecule has 1 amide bonds. The normalized spacial score (nSPS) is 10.4. The molecule has 0 unspecified atom stereocenters. The number of anilines is 1. The maximum Gasteiger partial charge on any atom is 0.257 e. The number of nitrogens with one attached hydrogen (secondary N) is 1. The van der Waals surface area contributed by atoms with Crippen LogP contribution in [0.3, 0.4) is 0 Å². The molecule has 0 radical (unpaired) electrons. The molecule has 1 aromatic carbocycles. The Morgan fingerprint density at radius 1 is 1.50 bits per heavy atom. The summed E-state index contributed by atoms with van der Waals surface area (Å²) in [5.74, 6) is 0.0683. The van der Waals surface area contributed by atoms with E-state index < -0.39 is 5.82 Å². The molecule has 0 saturated heterocycles. The lowest BCUT2D eigenvalue weighted by Crippen LogP contribution is -2.30. The highest BCUT2D eigenvalue weighted by molar-refractivity contribution is 5.77. The number of carbonyl (C=O) groups excluding carboxylic acids is 1. The maximum absolute atomic E-state index is 13.1. The Balaban J connectivity index is 2.31. The summed E-state index contributed by atoms with van der Waals surface area (Å²) >= 11 is 0. The first-order valence-corrected chi connectivity index (χ1v) is 5.93. The van der Waals surface area contributed by atoms with Crippen molar-refractivity contribution in [3.05, 3.63) is 24.0 Å². The minimum atomic E-state index is -0.548. The third-order valence-corrected chi connectivity index (χ3v) is 2.39. The number of amides is 1. The molecule has 0 atom stereocenters. The largest absolute Gasteiger partial charge is 0.484 e. The van der Waals surface area contributed by atoms with Crippen LogP contribution in [-0.2, 0) is 4.79 Å². The van der Waals surface area contributed by atoms with Gasteiger partial charge in [-0.2, -0.15) is 0 Å². The van der Waals surface area contributed by atoms with E-state index in [0.29, 0.717) is 18.2 Å². The van der Waals surface area contributed by atoms with Gasteiger partial charge in [0.1, 0.15) is 11.6 Å². The number of hydrogen-bond donors (Lipinski definition) is 2. The van der Waals surface area contributed by atoms with E-state index in [1.165, 1.54) is 12.1 Å². The molecule has 0 saturated carbocycles. The summed E-state index contributed by atoms with van der Waals surface area (Å²) in [6, 6.07) is 4.10. The summed E-state index contributed by atoms with van der Waals surface area (Å²) in [5.41, 5.74) is 5.39. The summed E-state index contributed by atoms with van der Waals surface area (Å²) in [6.45, 7) is 4.66. The third kappa shape index (κ3) is 5.03. The lowest BCUT2D eigenvalue weighted by Gasteiger charge is -2.09. The standard InChI is InChI=1S/C13H19FN2O2/c1-9(2)5-6-16-13(17)8-18-10-3-4-12(15)11(14)7-10/h3-4,7,9H,5-6,8,15H2,1-2H3,(H,16,17). The fourth-order valence-corrected chi connectivity index (χ4v) is 1.30. The first-order chi connectivity index (χ1) is 8.49. The van der Waals surface area contributed by atoms with Crippen molar-refractivity contribution in [3.63, 3.8) is 0 Å². The van der Waals surface area contributed by atoms with Crippen molar-refractivity contribution in [3.8, 4) is 5.75 Å². The highest BCUT2D eigenvalue weighted by atomic mass is 19.1. The molecule has 0 fully saturated rings. The lowest BCUT2D eigenvalue weighted by molar-refractivity contribution is -0.123. The fourth-order valence-electron chi connectivity index (χ4n) is 1.30. The van der Waals surface area contributed by atoms with Gasteiger partial charge in [0.2, 0.25) is 0 Å². The minimum Gasteiger partial charge on any atom is -0.484 e. The van der Waals surface area contributed by atoms with E-state index in [0.717, 1.165) is 12.5 Å². The highest BCUT2D eigenvalue weighted by Crippen LogP contribution is 2.17. The van der Waals surface area contributed by atoms with Gasteiger partial charge in [0.05, 0.1) is 5.69 Å². The zero-order valence-corrected chi connectivity index (χ0v) is 10.7. The van der Waals surface area contributed by atoms with Crippen LogP contribution in [0.2, 0.25) is 0 Å². The Morgan fingerprint density at radius 2 is 2.22 bits per heavy atom. The van der Waals surface area contributed by atoms with Crippen molar-refractivity contribution >= 4 is 11.6 Å². The van der Waals surface area contributed by atoms with Gasteiger partial charge in [-0.1, -0.05) is 13.8 Å². The number of benzene rings is 1. The molecule has 4 nitrogen and oxygen atoms in total. The van der Waals surface area contributed by atoms with E-state index in [9.17, 15) is 9.18 Å². The van der Waals surface area contributed by atoms with Gasteiger partial charge in [-0.15, -0.1) is 0 Å². The summed E-state index contributed by atoms with van der Waals surface area (Å²) < 4.78 is 18.2. The van der Waals surface area contributed by atoms with Crippen LogP contribution in [0.25, 0.3) is 0 Å². The molecule has 0 heterocycles. The number of carbonyl (C=O) groups is 1. The van der Waals surface area contributed by atoms with Crippen LogP contribution in [0.15, 0.2) is 18.2 Å². The van der Waals surface area contributed by atoms with Gasteiger partial charge < -0.3 is 15.8 Å². The lowest BCUT2D eigenvalue weighted by atomic mass is 10.1. The van der Waals surface area contributed by atoms with E-state index >= 15 is 0 Å². The van der Waals surface area contributed by atoms with Crippen molar-refractivity contribution in [2.24, 2.45) is 5.92 Å². The first kappa shape index (κ1) is 14.3. The summed E-state index contributed by atoms with van der Waals surface area (Å²) in [4.78, 5) is 11.4. The second-order valence-corrected chi connectivity index (χ2v) is 4.50. The van der Waals surface area contributed by atoms with Crippen molar-refractivity contribution < 1.29 is 13.9 Å². The van der Waals surface area contributed by atoms with Crippen LogP contribution in [0.1, 0.15) is 20.3 Å². The van der Waals surface area contributed by atoms with Crippen LogP contribution in [0, 0.1) is 11.7 Å². The van der Waals surface area contributed by atoms with E-state index in [-0.39, 0.29) is 18.2 Å². The Hall–Kier alpha value is -1.78. The van der Waals surface area contributed by atoms with E-state index in [2.05, 4.69) is 19.2 Å². The number of rotatable bonds is 6. The molecule has 0 aromatic heterocycles. The van der Waals surface area contributed by atoms with Gasteiger partial charge in [-0.05, 0) is 24.5 Å². The summed E-state index contributed by atoms with van der Waals surface area (Å²) in [5, 5.41) is 2.73. The van der Waals surface area contributed by atoms with Gasteiger partial charge in [0.15, 0.2) is 6.61 Å². The number of hydrogen-bond acceptors (Lipinski definition) is 3. The van der Waals surface area contributed by atoms with Crippen LogP contribution in [-0.4, -0.2) is 19.1 Å². The van der Waals surface area contributed by atoms with Crippen molar-refractivity contribution in [2.75, 3.05) is 18.9 Å². The molecule has 1 rings (SSSR count). The molecule has 0 aliphatic heterocycles. The molecule has 0 aliphatic carbocycles. The predicted octanol–water partition coefficient (Wildman–Crippen LogP) is 1.95. The van der Waals surface area contributed by atoms with Crippen LogP contribution in [0.4, 0.5) is 10.1 Å². The molecule has 5 heteroatoms. The number of halogens is 1. The van der Waals surface area contributed by atoms with E-state index in [1.807, 2.05) is 0 Å². The van der Waals surface area contributed by atoms with Gasteiger partial charge in [-0.25, -0.2) is 4.39 Å². The van der Waals surface area contributed by atoms with Gasteiger partial charge in [-0.3, -0.25) is 4.79 Å². The molecule has 0 aliphatic rings. The Bertz CT molecular complexity index is 408. The van der Waals surface area contributed by atoms with Crippen LogP contribution < -0.4 is 15.8 Å². The zero-order valence-electron chi connectivity index (χ0n) is 10.7. The molecule has 1 aromatic rings. The molecule has 0 spiro atoms. The van der Waals surface area contributed by atoms with Gasteiger partial charge >= 0.3 is 0 Å². The Morgan fingerprint density at radius 3 is 2.83 bits per heavy atom. The molecular weight excluding hydrogens is 235 g/mol. The van der Waals surface area contributed by atoms with E-state index in [4.69, 9.17) is 10.5 Å². The monoisotopic (exact) mass is 254 g/mol. The molecule has 18 heavy (non-hydrogen) atoms. The SMILES string of the molecule is CC(C)CCNC(=O)COc1ccc(N)c(F)c1. The minimum absolute atomic E-state index is 0.0590. The maximum atomic E-state index is 13.1. The van der Waals surface area contributed by atoms with Gasteiger partial charge in [0, 0.05) is 12.6 Å². The highest BCUT2D eigenvalue weighted by Gasteiger charge is 2.05. The quantitative estimate of drug-likeness (QED) is 0.763. The smallest absolute Gasteiger partial charge is 0.257 e. The topological polar surface area (TPSA) is 64.3 Å². The van der Waals surface area contributed by atoms with Crippen LogP contribution in [0.5, 0.6) is 5.75 Å². The summed E-state index contributed by atoms with van der Waals surface area (Å²) in [7, 11) is 0. The third-order valence-electron chi connectivity index (χ3n) is 2.39. The second-order valence-electron chi connectivity index (χ2n) is 4.50. The Labute approximate surface area is 106 Å². The average molecular weight is 254 g/mol. The average Bonchev–Trinajstić information content (AvgIpc) is 2.30.